The fraction of sp³-hybridized carbons (Fsp3) is 0.250. The van der Waals surface area contributed by atoms with Gasteiger partial charge in [-0.15, -0.1) is 0 Å². The van der Waals surface area contributed by atoms with E-state index in [2.05, 4.69) is 20.3 Å². The number of nitrogens with one attached hydrogen (secondary N) is 2. The van der Waals surface area contributed by atoms with Crippen molar-refractivity contribution in [3.8, 4) is 17.0 Å². The molecule has 3 aromatic rings. The number of H-pyrrole nitrogens is 1. The molecular formula is C20H22N4O2. The van der Waals surface area contributed by atoms with E-state index in [1.54, 1.807) is 24.5 Å². The summed E-state index contributed by atoms with van der Waals surface area (Å²) in [5.41, 5.74) is 3.51. The molecule has 0 aliphatic heterocycles. The monoisotopic (exact) mass is 350 g/mol. The van der Waals surface area contributed by atoms with Crippen LogP contribution in [0.25, 0.3) is 11.3 Å². The van der Waals surface area contributed by atoms with Gasteiger partial charge in [0, 0.05) is 23.0 Å². The van der Waals surface area contributed by atoms with Crippen LogP contribution in [0.2, 0.25) is 0 Å². The van der Waals surface area contributed by atoms with Crippen LogP contribution in [0.5, 0.6) is 5.75 Å². The highest BCUT2D eigenvalue weighted by molar-refractivity contribution is 5.94. The minimum Gasteiger partial charge on any atom is -0.487 e. The Bertz CT molecular complexity index is 873. The molecular weight excluding hydrogens is 328 g/mol. The highest BCUT2D eigenvalue weighted by Crippen LogP contribution is 2.21. The van der Waals surface area contributed by atoms with Crippen LogP contribution in [0.4, 0.5) is 0 Å². The predicted octanol–water partition coefficient (Wildman–Crippen LogP) is 3.29. The number of aryl methyl sites for hydroxylation is 2. The van der Waals surface area contributed by atoms with E-state index in [1.807, 2.05) is 45.0 Å². The number of amides is 1. The number of hydrogen-bond donors (Lipinski definition) is 2. The van der Waals surface area contributed by atoms with E-state index < -0.39 is 0 Å². The van der Waals surface area contributed by atoms with Crippen LogP contribution in [0.15, 0.2) is 48.8 Å². The van der Waals surface area contributed by atoms with Crippen LogP contribution < -0.4 is 10.1 Å². The van der Waals surface area contributed by atoms with E-state index in [1.165, 1.54) is 0 Å². The quantitative estimate of drug-likeness (QED) is 0.715. The number of hydrogen-bond acceptors (Lipinski definition) is 4. The lowest BCUT2D eigenvalue weighted by molar-refractivity contribution is 0.0932. The van der Waals surface area contributed by atoms with Gasteiger partial charge >= 0.3 is 0 Å². The first-order chi connectivity index (χ1) is 12.5. The van der Waals surface area contributed by atoms with Crippen molar-refractivity contribution in [3.63, 3.8) is 0 Å². The minimum absolute atomic E-state index is 0.131. The Balaban J connectivity index is 1.57. The predicted molar refractivity (Wildman–Crippen MR) is 100 cm³/mol. The molecule has 0 fully saturated rings. The highest BCUT2D eigenvalue weighted by atomic mass is 16.5. The fourth-order valence-electron chi connectivity index (χ4n) is 2.70. The van der Waals surface area contributed by atoms with Crippen molar-refractivity contribution >= 4 is 5.91 Å². The van der Waals surface area contributed by atoms with Gasteiger partial charge in [-0.3, -0.25) is 9.78 Å². The van der Waals surface area contributed by atoms with Gasteiger partial charge in [0.15, 0.2) is 0 Å². The Hall–Kier alpha value is -3.15. The summed E-state index contributed by atoms with van der Waals surface area (Å²) in [7, 11) is 0. The molecule has 1 aromatic carbocycles. The van der Waals surface area contributed by atoms with E-state index in [-0.39, 0.29) is 12.0 Å². The van der Waals surface area contributed by atoms with E-state index >= 15 is 0 Å². The van der Waals surface area contributed by atoms with Crippen molar-refractivity contribution in [1.82, 2.24) is 20.3 Å². The molecule has 0 bridgehead atoms. The first-order valence-electron chi connectivity index (χ1n) is 8.51. The molecule has 134 valence electrons. The van der Waals surface area contributed by atoms with Crippen molar-refractivity contribution in [1.29, 1.82) is 0 Å². The molecule has 0 unspecified atom stereocenters. The molecule has 6 heteroatoms. The molecule has 26 heavy (non-hydrogen) atoms. The number of imidazole rings is 1. The molecule has 0 spiro atoms. The zero-order chi connectivity index (χ0) is 18.5. The van der Waals surface area contributed by atoms with Crippen LogP contribution in [0.3, 0.4) is 0 Å². The van der Waals surface area contributed by atoms with Gasteiger partial charge in [-0.25, -0.2) is 4.98 Å². The Labute approximate surface area is 152 Å². The van der Waals surface area contributed by atoms with Crippen LogP contribution >= 0.6 is 0 Å². The van der Waals surface area contributed by atoms with Crippen molar-refractivity contribution in [2.75, 3.05) is 6.54 Å². The van der Waals surface area contributed by atoms with E-state index in [9.17, 15) is 4.79 Å². The standard InChI is InChI=1S/C20H22N4O2/c1-13(26-18-5-4-10-21-12-18)11-22-20(25)17-8-6-16(7-9-17)19-14(2)23-15(3)24-19/h4-10,12-13H,11H2,1-3H3,(H,22,25)(H,23,24)/t13-/m0/s1. The maximum Gasteiger partial charge on any atom is 0.251 e. The number of benzene rings is 1. The largest absolute Gasteiger partial charge is 0.487 e. The van der Waals surface area contributed by atoms with Gasteiger partial charge < -0.3 is 15.0 Å². The van der Waals surface area contributed by atoms with Gasteiger partial charge in [0.25, 0.3) is 5.91 Å². The van der Waals surface area contributed by atoms with Crippen LogP contribution in [-0.2, 0) is 0 Å². The second-order valence-electron chi connectivity index (χ2n) is 6.20. The third kappa shape index (κ3) is 4.27. The van der Waals surface area contributed by atoms with Gasteiger partial charge in [0.05, 0.1) is 18.4 Å². The molecule has 6 nitrogen and oxygen atoms in total. The summed E-state index contributed by atoms with van der Waals surface area (Å²) < 4.78 is 5.70. The van der Waals surface area contributed by atoms with Gasteiger partial charge in [-0.05, 0) is 45.0 Å². The zero-order valence-corrected chi connectivity index (χ0v) is 15.1. The molecule has 2 aromatic heterocycles. The Kier molecular flexibility index (Phi) is 5.31. The van der Waals surface area contributed by atoms with Gasteiger partial charge in [-0.1, -0.05) is 12.1 Å². The molecule has 2 N–H and O–H groups in total. The van der Waals surface area contributed by atoms with E-state index in [0.29, 0.717) is 17.9 Å². The maximum atomic E-state index is 12.3. The highest BCUT2D eigenvalue weighted by Gasteiger charge is 2.11. The number of pyridine rings is 1. The fourth-order valence-corrected chi connectivity index (χ4v) is 2.70. The number of carbonyl (C=O) groups excluding carboxylic acids is 1. The van der Waals surface area contributed by atoms with E-state index in [0.717, 1.165) is 22.8 Å². The van der Waals surface area contributed by atoms with Gasteiger partial charge in [0.1, 0.15) is 17.7 Å². The Morgan fingerprint density at radius 2 is 2.00 bits per heavy atom. The van der Waals surface area contributed by atoms with Crippen LogP contribution in [0, 0.1) is 13.8 Å². The smallest absolute Gasteiger partial charge is 0.251 e. The average molecular weight is 350 g/mol. The third-order valence-electron chi connectivity index (χ3n) is 3.95. The molecule has 0 radical (unpaired) electrons. The normalized spacial score (nSPS) is 11.8. The Morgan fingerprint density at radius 3 is 2.62 bits per heavy atom. The van der Waals surface area contributed by atoms with Gasteiger partial charge in [-0.2, -0.15) is 0 Å². The summed E-state index contributed by atoms with van der Waals surface area (Å²) in [6.07, 6.45) is 3.18. The lowest BCUT2D eigenvalue weighted by Gasteiger charge is -2.15. The summed E-state index contributed by atoms with van der Waals surface area (Å²) in [6.45, 7) is 6.22. The topological polar surface area (TPSA) is 79.9 Å². The molecule has 1 amide bonds. The molecule has 0 saturated carbocycles. The molecule has 1 atom stereocenters. The van der Waals surface area contributed by atoms with Crippen LogP contribution in [-0.4, -0.2) is 33.5 Å². The van der Waals surface area contributed by atoms with Crippen molar-refractivity contribution in [3.05, 3.63) is 65.9 Å². The van der Waals surface area contributed by atoms with Crippen molar-refractivity contribution < 1.29 is 9.53 Å². The van der Waals surface area contributed by atoms with Crippen molar-refractivity contribution in [2.24, 2.45) is 0 Å². The van der Waals surface area contributed by atoms with E-state index in [4.69, 9.17) is 4.74 Å². The molecule has 2 heterocycles. The molecule has 0 aliphatic rings. The number of carbonyl (C=O) groups is 1. The second-order valence-corrected chi connectivity index (χ2v) is 6.20. The maximum absolute atomic E-state index is 12.3. The Morgan fingerprint density at radius 1 is 1.23 bits per heavy atom. The number of ether oxygens (including phenoxy) is 1. The number of rotatable bonds is 6. The summed E-state index contributed by atoms with van der Waals surface area (Å²) in [5, 5.41) is 2.89. The number of aromatic nitrogens is 3. The summed E-state index contributed by atoms with van der Waals surface area (Å²) >= 11 is 0. The third-order valence-corrected chi connectivity index (χ3v) is 3.95. The zero-order valence-electron chi connectivity index (χ0n) is 15.1. The van der Waals surface area contributed by atoms with Crippen LogP contribution in [0.1, 0.15) is 28.8 Å². The summed E-state index contributed by atoms with van der Waals surface area (Å²) in [4.78, 5) is 24.0. The average Bonchev–Trinajstić information content (AvgIpc) is 2.99. The SMILES string of the molecule is Cc1nc(-c2ccc(C(=O)NC[C@H](C)Oc3cccnc3)cc2)c(C)[nH]1. The van der Waals surface area contributed by atoms with Gasteiger partial charge in [0.2, 0.25) is 0 Å². The lowest BCUT2D eigenvalue weighted by atomic mass is 10.1. The summed E-state index contributed by atoms with van der Waals surface area (Å²) in [6, 6.07) is 11.1. The molecule has 3 rings (SSSR count). The lowest BCUT2D eigenvalue weighted by Crippen LogP contribution is -2.33. The summed E-state index contributed by atoms with van der Waals surface area (Å²) in [5.74, 6) is 1.43. The number of nitrogens with zero attached hydrogens (tertiary/aromatic N) is 2. The first-order valence-corrected chi connectivity index (χ1v) is 8.51. The molecule has 0 saturated heterocycles. The number of aromatic amines is 1. The first kappa shape index (κ1) is 17.7. The molecule has 0 aliphatic carbocycles. The minimum atomic E-state index is -0.155. The van der Waals surface area contributed by atoms with Crippen molar-refractivity contribution in [2.45, 2.75) is 26.9 Å². The second kappa shape index (κ2) is 7.82.